The first-order valence-electron chi connectivity index (χ1n) is 5.93. The Morgan fingerprint density at radius 2 is 1.67 bits per heavy atom. The number of hydrogen-bond donors (Lipinski definition) is 1. The number of nitrogens with one attached hydrogen (secondary N) is 1. The van der Waals surface area contributed by atoms with Crippen LogP contribution in [0.4, 0.5) is 8.78 Å². The lowest BCUT2D eigenvalue weighted by Crippen LogP contribution is -2.14. The van der Waals surface area contributed by atoms with Crippen molar-refractivity contribution in [3.63, 3.8) is 0 Å². The quantitative estimate of drug-likeness (QED) is 0.689. The first kappa shape index (κ1) is 15.1. The third-order valence-electron chi connectivity index (χ3n) is 2.70. The Morgan fingerprint density at radius 3 is 2.29 bits per heavy atom. The van der Waals surface area contributed by atoms with Gasteiger partial charge in [0.1, 0.15) is 6.61 Å². The molecule has 0 radical (unpaired) electrons. The van der Waals surface area contributed by atoms with E-state index in [-0.39, 0.29) is 23.4 Å². The van der Waals surface area contributed by atoms with Crippen LogP contribution in [0, 0.1) is 17.0 Å². The van der Waals surface area contributed by atoms with Crippen molar-refractivity contribution in [2.24, 2.45) is 0 Å². The molecular formula is C15H10ClF2NO2. The van der Waals surface area contributed by atoms with E-state index >= 15 is 0 Å². The molecule has 2 aromatic carbocycles. The van der Waals surface area contributed by atoms with Crippen molar-refractivity contribution in [1.82, 2.24) is 0 Å². The Hall–Kier alpha value is -2.27. The molecule has 108 valence electrons. The van der Waals surface area contributed by atoms with Crippen LogP contribution in [0.5, 0.6) is 0 Å². The maximum Gasteiger partial charge on any atom is 0.338 e. The number of hydrogen-bond acceptors (Lipinski definition) is 3. The van der Waals surface area contributed by atoms with Gasteiger partial charge in [-0.05, 0) is 42.5 Å². The highest BCUT2D eigenvalue weighted by Crippen LogP contribution is 2.12. The van der Waals surface area contributed by atoms with Gasteiger partial charge >= 0.3 is 5.97 Å². The number of benzene rings is 2. The van der Waals surface area contributed by atoms with Crippen molar-refractivity contribution in [1.29, 1.82) is 5.41 Å². The minimum Gasteiger partial charge on any atom is -0.456 e. The van der Waals surface area contributed by atoms with E-state index in [2.05, 4.69) is 0 Å². The molecule has 0 spiro atoms. The molecule has 1 N–H and O–H groups in total. The van der Waals surface area contributed by atoms with Crippen LogP contribution in [0.3, 0.4) is 0 Å². The summed E-state index contributed by atoms with van der Waals surface area (Å²) in [7, 11) is 0. The fourth-order valence-electron chi connectivity index (χ4n) is 1.57. The van der Waals surface area contributed by atoms with E-state index < -0.39 is 17.6 Å². The summed E-state index contributed by atoms with van der Waals surface area (Å²) >= 11 is 5.70. The fraction of sp³-hybridized carbons (Fsp3) is 0.0667. The van der Waals surface area contributed by atoms with E-state index in [4.69, 9.17) is 21.7 Å². The predicted octanol–water partition coefficient (Wildman–Crippen LogP) is 3.84. The summed E-state index contributed by atoms with van der Waals surface area (Å²) in [5.41, 5.74) is 0.312. The number of esters is 1. The second-order valence-corrected chi connectivity index (χ2v) is 4.63. The minimum atomic E-state index is -1.05. The standard InChI is InChI=1S/C15H10ClF2NO2/c16-11-4-1-9(2-5-11)15(20)21-8-14(19)10-3-6-12(17)13(18)7-10/h1-7,19H,8H2. The smallest absolute Gasteiger partial charge is 0.338 e. The summed E-state index contributed by atoms with van der Waals surface area (Å²) in [5.74, 6) is -2.68. The molecule has 3 nitrogen and oxygen atoms in total. The van der Waals surface area contributed by atoms with Crippen molar-refractivity contribution in [2.75, 3.05) is 6.61 Å². The zero-order valence-electron chi connectivity index (χ0n) is 10.7. The maximum absolute atomic E-state index is 13.0. The molecule has 0 bridgehead atoms. The lowest BCUT2D eigenvalue weighted by Gasteiger charge is -2.07. The van der Waals surface area contributed by atoms with Crippen molar-refractivity contribution in [2.45, 2.75) is 0 Å². The number of halogens is 3. The zero-order chi connectivity index (χ0) is 15.4. The summed E-state index contributed by atoms with van der Waals surface area (Å²) in [6.07, 6.45) is 0. The van der Waals surface area contributed by atoms with Crippen LogP contribution in [-0.2, 0) is 4.74 Å². The average Bonchev–Trinajstić information content (AvgIpc) is 2.48. The summed E-state index contributed by atoms with van der Waals surface area (Å²) < 4.78 is 30.8. The molecule has 0 aromatic heterocycles. The molecule has 0 aliphatic heterocycles. The molecule has 0 amide bonds. The van der Waals surface area contributed by atoms with E-state index in [9.17, 15) is 13.6 Å². The van der Waals surface area contributed by atoms with Gasteiger partial charge in [-0.15, -0.1) is 0 Å². The van der Waals surface area contributed by atoms with Gasteiger partial charge in [0.15, 0.2) is 11.6 Å². The van der Waals surface area contributed by atoms with Gasteiger partial charge in [-0.3, -0.25) is 0 Å². The molecule has 2 aromatic rings. The third kappa shape index (κ3) is 3.86. The van der Waals surface area contributed by atoms with Crippen molar-refractivity contribution >= 4 is 23.3 Å². The Balaban J connectivity index is 1.98. The van der Waals surface area contributed by atoms with Crippen LogP contribution < -0.4 is 0 Å². The number of ether oxygens (including phenoxy) is 1. The molecule has 0 unspecified atom stereocenters. The van der Waals surface area contributed by atoms with E-state index in [0.717, 1.165) is 12.1 Å². The summed E-state index contributed by atoms with van der Waals surface area (Å²) in [4.78, 5) is 11.7. The molecule has 0 aliphatic rings. The van der Waals surface area contributed by atoms with Gasteiger partial charge in [0.25, 0.3) is 0 Å². The van der Waals surface area contributed by atoms with Gasteiger partial charge in [-0.2, -0.15) is 0 Å². The lowest BCUT2D eigenvalue weighted by atomic mass is 10.1. The molecule has 0 saturated carbocycles. The summed E-state index contributed by atoms with van der Waals surface area (Å²) in [6.45, 7) is -0.341. The largest absolute Gasteiger partial charge is 0.456 e. The Kier molecular flexibility index (Phi) is 4.65. The zero-order valence-corrected chi connectivity index (χ0v) is 11.5. The van der Waals surface area contributed by atoms with Crippen molar-refractivity contribution in [3.05, 3.63) is 70.2 Å². The highest BCUT2D eigenvalue weighted by atomic mass is 35.5. The van der Waals surface area contributed by atoms with Gasteiger partial charge in [0.05, 0.1) is 11.3 Å². The molecule has 0 atom stereocenters. The monoisotopic (exact) mass is 309 g/mol. The van der Waals surface area contributed by atoms with Crippen LogP contribution in [0.15, 0.2) is 42.5 Å². The predicted molar refractivity (Wildman–Crippen MR) is 74.9 cm³/mol. The van der Waals surface area contributed by atoms with Gasteiger partial charge in [0.2, 0.25) is 0 Å². The third-order valence-corrected chi connectivity index (χ3v) is 2.95. The van der Waals surface area contributed by atoms with Crippen LogP contribution >= 0.6 is 11.6 Å². The molecular weight excluding hydrogens is 300 g/mol. The average molecular weight is 310 g/mol. The van der Waals surface area contributed by atoms with Gasteiger partial charge in [-0.1, -0.05) is 11.6 Å². The van der Waals surface area contributed by atoms with E-state index in [0.29, 0.717) is 5.02 Å². The molecule has 0 saturated heterocycles. The molecule has 0 fully saturated rings. The van der Waals surface area contributed by atoms with Gasteiger partial charge in [0, 0.05) is 10.6 Å². The highest BCUT2D eigenvalue weighted by Gasteiger charge is 2.11. The first-order chi connectivity index (χ1) is 9.97. The Morgan fingerprint density at radius 1 is 1.05 bits per heavy atom. The topological polar surface area (TPSA) is 50.1 Å². The first-order valence-corrected chi connectivity index (χ1v) is 6.30. The molecule has 0 heterocycles. The Labute approximate surface area is 124 Å². The highest BCUT2D eigenvalue weighted by molar-refractivity contribution is 6.30. The fourth-order valence-corrected chi connectivity index (χ4v) is 1.70. The lowest BCUT2D eigenvalue weighted by molar-refractivity contribution is 0.0563. The molecule has 21 heavy (non-hydrogen) atoms. The normalized spacial score (nSPS) is 10.2. The van der Waals surface area contributed by atoms with Crippen molar-refractivity contribution in [3.8, 4) is 0 Å². The van der Waals surface area contributed by atoms with Gasteiger partial charge in [-0.25, -0.2) is 13.6 Å². The van der Waals surface area contributed by atoms with Crippen LogP contribution in [-0.4, -0.2) is 18.3 Å². The second kappa shape index (κ2) is 6.45. The van der Waals surface area contributed by atoms with E-state index in [1.165, 1.54) is 18.2 Å². The second-order valence-electron chi connectivity index (χ2n) is 4.19. The number of carbonyl (C=O) groups excluding carboxylic acids is 1. The summed E-state index contributed by atoms with van der Waals surface area (Å²) in [5, 5.41) is 8.19. The number of rotatable bonds is 4. The SMILES string of the molecule is N=C(COC(=O)c1ccc(Cl)cc1)c1ccc(F)c(F)c1. The molecule has 2 rings (SSSR count). The molecule has 6 heteroatoms. The van der Waals surface area contributed by atoms with Crippen LogP contribution in [0.1, 0.15) is 15.9 Å². The van der Waals surface area contributed by atoms with Gasteiger partial charge < -0.3 is 10.1 Å². The summed E-state index contributed by atoms with van der Waals surface area (Å²) in [6, 6.07) is 9.11. The molecule has 0 aliphatic carbocycles. The van der Waals surface area contributed by atoms with E-state index in [1.807, 2.05) is 0 Å². The minimum absolute atomic E-state index is 0.129. The van der Waals surface area contributed by atoms with Crippen molar-refractivity contribution < 1.29 is 18.3 Å². The number of carbonyl (C=O) groups is 1. The Bertz CT molecular complexity index is 687. The maximum atomic E-state index is 13.0. The van der Waals surface area contributed by atoms with E-state index in [1.54, 1.807) is 12.1 Å². The van der Waals surface area contributed by atoms with Crippen LogP contribution in [0.2, 0.25) is 5.02 Å². The van der Waals surface area contributed by atoms with Crippen LogP contribution in [0.25, 0.3) is 0 Å².